The maximum atomic E-state index is 12.3. The van der Waals surface area contributed by atoms with Crippen molar-refractivity contribution < 1.29 is 19.8 Å². The molecule has 0 saturated carbocycles. The van der Waals surface area contributed by atoms with Gasteiger partial charge in [0.05, 0.1) is 5.02 Å². The number of anilines is 1. The SMILES string of the molecule is O=C(Nc1ccccc1)c1ccc2c(Cl)c(O)c(C(=O)O)cc2c1. The van der Waals surface area contributed by atoms with Crippen LogP contribution in [0.5, 0.6) is 5.75 Å². The van der Waals surface area contributed by atoms with Gasteiger partial charge in [-0.1, -0.05) is 35.9 Å². The van der Waals surface area contributed by atoms with Crippen LogP contribution in [0.2, 0.25) is 5.02 Å². The molecule has 0 aliphatic rings. The highest BCUT2D eigenvalue weighted by atomic mass is 35.5. The highest BCUT2D eigenvalue weighted by molar-refractivity contribution is 6.37. The van der Waals surface area contributed by atoms with Gasteiger partial charge in [0.15, 0.2) is 0 Å². The molecular formula is C18H12ClNO4. The van der Waals surface area contributed by atoms with Crippen LogP contribution in [0.3, 0.4) is 0 Å². The molecule has 0 aliphatic carbocycles. The fourth-order valence-electron chi connectivity index (χ4n) is 2.38. The average Bonchev–Trinajstić information content (AvgIpc) is 2.58. The Kier molecular flexibility index (Phi) is 4.10. The Morgan fingerprint density at radius 2 is 1.71 bits per heavy atom. The molecule has 0 bridgehead atoms. The van der Waals surface area contributed by atoms with Crippen LogP contribution < -0.4 is 5.32 Å². The van der Waals surface area contributed by atoms with Gasteiger partial charge in [-0.3, -0.25) is 4.79 Å². The molecule has 0 aromatic heterocycles. The number of amides is 1. The number of carbonyl (C=O) groups excluding carboxylic acids is 1. The number of para-hydroxylation sites is 1. The lowest BCUT2D eigenvalue weighted by Crippen LogP contribution is -2.11. The number of carboxylic acids is 1. The van der Waals surface area contributed by atoms with E-state index in [1.807, 2.05) is 6.07 Å². The maximum absolute atomic E-state index is 12.3. The predicted octanol–water partition coefficient (Wildman–Crippen LogP) is 4.15. The lowest BCUT2D eigenvalue weighted by Gasteiger charge is -2.09. The summed E-state index contributed by atoms with van der Waals surface area (Å²) in [4.78, 5) is 23.5. The van der Waals surface area contributed by atoms with Crippen molar-refractivity contribution in [2.75, 3.05) is 5.32 Å². The molecule has 3 aromatic rings. The monoisotopic (exact) mass is 341 g/mol. The van der Waals surface area contributed by atoms with Gasteiger partial charge < -0.3 is 15.5 Å². The van der Waals surface area contributed by atoms with Crippen LogP contribution in [-0.2, 0) is 0 Å². The van der Waals surface area contributed by atoms with E-state index in [1.54, 1.807) is 36.4 Å². The molecule has 0 unspecified atom stereocenters. The van der Waals surface area contributed by atoms with Gasteiger partial charge in [-0.15, -0.1) is 0 Å². The van der Waals surface area contributed by atoms with Crippen molar-refractivity contribution in [3.8, 4) is 5.75 Å². The Morgan fingerprint density at radius 3 is 2.38 bits per heavy atom. The Hall–Kier alpha value is -3.05. The summed E-state index contributed by atoms with van der Waals surface area (Å²) in [6.07, 6.45) is 0. The molecule has 0 heterocycles. The first kappa shape index (κ1) is 15.8. The quantitative estimate of drug-likeness (QED) is 0.668. The zero-order valence-corrected chi connectivity index (χ0v) is 13.0. The first-order valence-electron chi connectivity index (χ1n) is 7.02. The fraction of sp³-hybridized carbons (Fsp3) is 0. The average molecular weight is 342 g/mol. The molecule has 3 aromatic carbocycles. The smallest absolute Gasteiger partial charge is 0.339 e. The Bertz CT molecular complexity index is 954. The summed E-state index contributed by atoms with van der Waals surface area (Å²) in [5.41, 5.74) is 0.690. The fourth-order valence-corrected chi connectivity index (χ4v) is 2.65. The van der Waals surface area contributed by atoms with Crippen molar-refractivity contribution in [3.05, 3.63) is 70.7 Å². The number of aromatic carboxylic acids is 1. The van der Waals surface area contributed by atoms with E-state index in [0.717, 1.165) is 0 Å². The van der Waals surface area contributed by atoms with Gasteiger partial charge in [0, 0.05) is 16.6 Å². The molecular weight excluding hydrogens is 330 g/mol. The Balaban J connectivity index is 2.03. The zero-order chi connectivity index (χ0) is 17.3. The van der Waals surface area contributed by atoms with Crippen LogP contribution in [-0.4, -0.2) is 22.1 Å². The number of halogens is 1. The number of hydrogen-bond donors (Lipinski definition) is 3. The molecule has 0 fully saturated rings. The van der Waals surface area contributed by atoms with E-state index >= 15 is 0 Å². The molecule has 5 nitrogen and oxygen atoms in total. The van der Waals surface area contributed by atoms with Crippen LogP contribution >= 0.6 is 11.6 Å². The van der Waals surface area contributed by atoms with E-state index in [9.17, 15) is 14.7 Å². The van der Waals surface area contributed by atoms with Gasteiger partial charge in [-0.2, -0.15) is 0 Å². The molecule has 0 spiro atoms. The predicted molar refractivity (Wildman–Crippen MR) is 92.0 cm³/mol. The van der Waals surface area contributed by atoms with Gasteiger partial charge in [0.1, 0.15) is 11.3 Å². The minimum atomic E-state index is -1.30. The molecule has 24 heavy (non-hydrogen) atoms. The van der Waals surface area contributed by atoms with Crippen molar-refractivity contribution >= 4 is 39.9 Å². The molecule has 3 rings (SSSR count). The van der Waals surface area contributed by atoms with E-state index in [-0.39, 0.29) is 16.5 Å². The minimum Gasteiger partial charge on any atom is -0.505 e. The van der Waals surface area contributed by atoms with Gasteiger partial charge in [-0.25, -0.2) is 4.79 Å². The van der Waals surface area contributed by atoms with Crippen molar-refractivity contribution in [1.29, 1.82) is 0 Å². The van der Waals surface area contributed by atoms with Crippen LogP contribution in [0.4, 0.5) is 5.69 Å². The van der Waals surface area contributed by atoms with Crippen molar-refractivity contribution in [2.45, 2.75) is 0 Å². The molecule has 6 heteroatoms. The van der Waals surface area contributed by atoms with Gasteiger partial charge in [-0.05, 0) is 35.7 Å². The van der Waals surface area contributed by atoms with Crippen LogP contribution in [0, 0.1) is 0 Å². The number of rotatable bonds is 3. The number of carbonyl (C=O) groups is 2. The number of benzene rings is 3. The third-order valence-electron chi connectivity index (χ3n) is 3.58. The number of aromatic hydroxyl groups is 1. The van der Waals surface area contributed by atoms with Crippen molar-refractivity contribution in [2.24, 2.45) is 0 Å². The van der Waals surface area contributed by atoms with Crippen LogP contribution in [0.15, 0.2) is 54.6 Å². The van der Waals surface area contributed by atoms with E-state index in [1.165, 1.54) is 12.1 Å². The number of hydrogen-bond acceptors (Lipinski definition) is 3. The number of phenols is 1. The second-order valence-corrected chi connectivity index (χ2v) is 5.53. The normalized spacial score (nSPS) is 10.5. The maximum Gasteiger partial charge on any atom is 0.339 e. The highest BCUT2D eigenvalue weighted by Crippen LogP contribution is 2.36. The first-order chi connectivity index (χ1) is 11.5. The molecule has 1 amide bonds. The summed E-state index contributed by atoms with van der Waals surface area (Å²) in [5, 5.41) is 22.6. The summed E-state index contributed by atoms with van der Waals surface area (Å²) in [5.74, 6) is -2.11. The molecule has 0 saturated heterocycles. The number of nitrogens with one attached hydrogen (secondary N) is 1. The van der Waals surface area contributed by atoms with Gasteiger partial charge >= 0.3 is 5.97 Å². The number of carboxylic acid groups (broad SMARTS) is 1. The standard InChI is InChI=1S/C18H12ClNO4/c19-15-13-7-6-10(17(22)20-12-4-2-1-3-5-12)8-11(13)9-14(16(15)21)18(23)24/h1-9,21H,(H,20,22)(H,23,24). The summed E-state index contributed by atoms with van der Waals surface area (Å²) >= 11 is 6.02. The molecule has 120 valence electrons. The minimum absolute atomic E-state index is 0.0556. The highest BCUT2D eigenvalue weighted by Gasteiger charge is 2.17. The van der Waals surface area contributed by atoms with Gasteiger partial charge in [0.25, 0.3) is 5.91 Å². The summed E-state index contributed by atoms with van der Waals surface area (Å²) in [7, 11) is 0. The second kappa shape index (κ2) is 6.22. The van der Waals surface area contributed by atoms with Crippen LogP contribution in [0.1, 0.15) is 20.7 Å². The van der Waals surface area contributed by atoms with E-state index in [4.69, 9.17) is 16.7 Å². The second-order valence-electron chi connectivity index (χ2n) is 5.15. The van der Waals surface area contributed by atoms with E-state index < -0.39 is 11.7 Å². The summed E-state index contributed by atoms with van der Waals surface area (Å²) in [6.45, 7) is 0. The lowest BCUT2D eigenvalue weighted by atomic mass is 10.0. The number of fused-ring (bicyclic) bond motifs is 1. The summed E-state index contributed by atoms with van der Waals surface area (Å²) in [6, 6.07) is 14.9. The molecule has 0 atom stereocenters. The topological polar surface area (TPSA) is 86.6 Å². The van der Waals surface area contributed by atoms with Gasteiger partial charge in [0.2, 0.25) is 0 Å². The third-order valence-corrected chi connectivity index (χ3v) is 3.96. The summed E-state index contributed by atoms with van der Waals surface area (Å²) < 4.78 is 0. The lowest BCUT2D eigenvalue weighted by molar-refractivity contribution is 0.0693. The largest absolute Gasteiger partial charge is 0.505 e. The Morgan fingerprint density at radius 1 is 1.00 bits per heavy atom. The third kappa shape index (κ3) is 2.89. The van der Waals surface area contributed by atoms with Crippen molar-refractivity contribution in [1.82, 2.24) is 0 Å². The molecule has 0 aliphatic heterocycles. The molecule has 3 N–H and O–H groups in total. The first-order valence-corrected chi connectivity index (χ1v) is 7.40. The van der Waals surface area contributed by atoms with E-state index in [2.05, 4.69) is 5.32 Å². The Labute approximate surface area is 142 Å². The van der Waals surface area contributed by atoms with Crippen molar-refractivity contribution in [3.63, 3.8) is 0 Å². The zero-order valence-electron chi connectivity index (χ0n) is 12.3. The van der Waals surface area contributed by atoms with E-state index in [0.29, 0.717) is 22.0 Å². The molecule has 0 radical (unpaired) electrons. The van der Waals surface area contributed by atoms with Crippen LogP contribution in [0.25, 0.3) is 10.8 Å².